The summed E-state index contributed by atoms with van der Waals surface area (Å²) in [6.45, 7) is 2.64. The lowest BCUT2D eigenvalue weighted by atomic mass is 10.2. The van der Waals surface area contributed by atoms with Crippen molar-refractivity contribution in [3.8, 4) is 6.07 Å². The van der Waals surface area contributed by atoms with Crippen molar-refractivity contribution < 1.29 is 4.79 Å². The Morgan fingerprint density at radius 3 is 2.60 bits per heavy atom. The molecule has 3 aromatic rings. The maximum Gasteiger partial charge on any atom is 0.272 e. The minimum atomic E-state index is -0.103. The zero-order chi connectivity index (χ0) is 17.2. The molecule has 0 saturated carbocycles. The van der Waals surface area contributed by atoms with Crippen LogP contribution < -0.4 is 4.90 Å². The molecule has 0 unspecified atom stereocenters. The van der Waals surface area contributed by atoms with Crippen molar-refractivity contribution in [1.82, 2.24) is 19.9 Å². The first-order chi connectivity index (χ1) is 12.2. The fraction of sp³-hybridized carbons (Fsp3) is 0.222. The summed E-state index contributed by atoms with van der Waals surface area (Å²) in [6.07, 6.45) is 1.43. The summed E-state index contributed by atoms with van der Waals surface area (Å²) in [5.41, 5.74) is 2.78. The molecule has 1 aliphatic rings. The van der Waals surface area contributed by atoms with E-state index in [0.29, 0.717) is 37.4 Å². The molecule has 3 heterocycles. The van der Waals surface area contributed by atoms with E-state index in [2.05, 4.69) is 19.9 Å². The maximum absolute atomic E-state index is 12.5. The Kier molecular flexibility index (Phi) is 3.78. The van der Waals surface area contributed by atoms with Crippen molar-refractivity contribution in [2.75, 3.05) is 31.1 Å². The van der Waals surface area contributed by atoms with Gasteiger partial charge >= 0.3 is 0 Å². The highest BCUT2D eigenvalue weighted by molar-refractivity contribution is 5.92. The summed E-state index contributed by atoms with van der Waals surface area (Å²) in [7, 11) is 0. The first kappa shape index (κ1) is 15.1. The average molecular weight is 332 g/mol. The third-order valence-corrected chi connectivity index (χ3v) is 4.35. The number of piperazine rings is 1. The Balaban J connectivity index is 1.43. The molecule has 0 radical (unpaired) electrons. The predicted octanol–water partition coefficient (Wildman–Crippen LogP) is 1.79. The molecule has 1 saturated heterocycles. The van der Waals surface area contributed by atoms with Gasteiger partial charge in [-0.1, -0.05) is 12.1 Å². The Labute approximate surface area is 144 Å². The van der Waals surface area contributed by atoms with Gasteiger partial charge in [0.1, 0.15) is 11.8 Å². The van der Waals surface area contributed by atoms with Crippen LogP contribution in [0.25, 0.3) is 11.0 Å². The standard InChI is InChI=1S/C18H16N6O/c19-11-13-5-6-16(20-12-13)17(25)23-7-9-24(10-8-23)18-21-14-3-1-2-4-15(14)22-18/h1-6,12H,7-10H2,(H,21,22). The Morgan fingerprint density at radius 1 is 1.12 bits per heavy atom. The number of nitrogens with one attached hydrogen (secondary N) is 1. The molecular weight excluding hydrogens is 316 g/mol. The highest BCUT2D eigenvalue weighted by Crippen LogP contribution is 2.18. The van der Waals surface area contributed by atoms with Crippen molar-refractivity contribution in [3.05, 3.63) is 53.9 Å². The van der Waals surface area contributed by atoms with Gasteiger partial charge in [0, 0.05) is 32.4 Å². The number of amides is 1. The number of carbonyl (C=O) groups excluding carboxylic acids is 1. The molecule has 0 spiro atoms. The molecule has 0 aliphatic carbocycles. The van der Waals surface area contributed by atoms with E-state index in [9.17, 15) is 4.79 Å². The van der Waals surface area contributed by atoms with E-state index in [1.165, 1.54) is 6.20 Å². The number of anilines is 1. The monoisotopic (exact) mass is 332 g/mol. The molecule has 1 fully saturated rings. The summed E-state index contributed by atoms with van der Waals surface area (Å²) in [4.78, 5) is 28.5. The highest BCUT2D eigenvalue weighted by atomic mass is 16.2. The molecule has 4 rings (SSSR count). The summed E-state index contributed by atoms with van der Waals surface area (Å²) in [6, 6.07) is 13.1. The lowest BCUT2D eigenvalue weighted by Crippen LogP contribution is -2.49. The summed E-state index contributed by atoms with van der Waals surface area (Å²) in [5.74, 6) is 0.735. The second-order valence-corrected chi connectivity index (χ2v) is 5.90. The quantitative estimate of drug-likeness (QED) is 0.773. The van der Waals surface area contributed by atoms with Crippen LogP contribution in [0.4, 0.5) is 5.95 Å². The zero-order valence-electron chi connectivity index (χ0n) is 13.5. The van der Waals surface area contributed by atoms with Crippen LogP contribution in [0.2, 0.25) is 0 Å². The number of imidazole rings is 1. The van der Waals surface area contributed by atoms with E-state index in [4.69, 9.17) is 5.26 Å². The van der Waals surface area contributed by atoms with E-state index < -0.39 is 0 Å². The van der Waals surface area contributed by atoms with Gasteiger partial charge in [-0.2, -0.15) is 5.26 Å². The summed E-state index contributed by atoms with van der Waals surface area (Å²) >= 11 is 0. The Hall–Kier alpha value is -3.40. The topological polar surface area (TPSA) is 88.9 Å². The Morgan fingerprint density at radius 2 is 1.92 bits per heavy atom. The molecule has 1 N–H and O–H groups in total. The molecule has 0 atom stereocenters. The number of pyridine rings is 1. The number of hydrogen-bond donors (Lipinski definition) is 1. The first-order valence-electron chi connectivity index (χ1n) is 8.10. The molecule has 1 amide bonds. The largest absolute Gasteiger partial charge is 0.339 e. The van der Waals surface area contributed by atoms with Gasteiger partial charge in [0.25, 0.3) is 5.91 Å². The minimum Gasteiger partial charge on any atom is -0.339 e. The fourth-order valence-corrected chi connectivity index (χ4v) is 2.96. The van der Waals surface area contributed by atoms with Crippen LogP contribution in [-0.4, -0.2) is 51.9 Å². The minimum absolute atomic E-state index is 0.103. The second kappa shape index (κ2) is 6.24. The number of hydrogen-bond acceptors (Lipinski definition) is 5. The van der Waals surface area contributed by atoms with Gasteiger partial charge in [-0.25, -0.2) is 9.97 Å². The van der Waals surface area contributed by atoms with Crippen LogP contribution in [0.5, 0.6) is 0 Å². The maximum atomic E-state index is 12.5. The van der Waals surface area contributed by atoms with Gasteiger partial charge in [0.05, 0.1) is 16.6 Å². The van der Waals surface area contributed by atoms with E-state index in [-0.39, 0.29) is 5.91 Å². The van der Waals surface area contributed by atoms with Crippen molar-refractivity contribution in [3.63, 3.8) is 0 Å². The number of aromatic nitrogens is 3. The van der Waals surface area contributed by atoms with Gasteiger partial charge < -0.3 is 14.8 Å². The number of fused-ring (bicyclic) bond motifs is 1. The van der Waals surface area contributed by atoms with Gasteiger partial charge in [0.2, 0.25) is 5.95 Å². The fourth-order valence-electron chi connectivity index (χ4n) is 2.96. The zero-order valence-corrected chi connectivity index (χ0v) is 13.5. The van der Waals surface area contributed by atoms with E-state index in [0.717, 1.165) is 17.0 Å². The third kappa shape index (κ3) is 2.90. The first-order valence-corrected chi connectivity index (χ1v) is 8.10. The van der Waals surface area contributed by atoms with Crippen LogP contribution in [0.1, 0.15) is 16.1 Å². The van der Waals surface area contributed by atoms with Gasteiger partial charge in [-0.3, -0.25) is 4.79 Å². The number of nitriles is 1. The summed E-state index contributed by atoms with van der Waals surface area (Å²) < 4.78 is 0. The van der Waals surface area contributed by atoms with Gasteiger partial charge in [-0.15, -0.1) is 0 Å². The molecule has 1 aromatic carbocycles. The number of rotatable bonds is 2. The third-order valence-electron chi connectivity index (χ3n) is 4.35. The molecule has 25 heavy (non-hydrogen) atoms. The number of benzene rings is 1. The Bertz CT molecular complexity index is 915. The molecule has 7 heteroatoms. The number of aromatic amines is 1. The lowest BCUT2D eigenvalue weighted by molar-refractivity contribution is 0.0740. The highest BCUT2D eigenvalue weighted by Gasteiger charge is 2.24. The van der Waals surface area contributed by atoms with Crippen LogP contribution in [0, 0.1) is 11.3 Å². The van der Waals surface area contributed by atoms with Crippen molar-refractivity contribution in [1.29, 1.82) is 5.26 Å². The van der Waals surface area contributed by atoms with E-state index in [1.807, 2.05) is 30.3 Å². The van der Waals surface area contributed by atoms with Crippen molar-refractivity contribution in [2.24, 2.45) is 0 Å². The smallest absolute Gasteiger partial charge is 0.272 e. The normalized spacial score (nSPS) is 14.5. The van der Waals surface area contributed by atoms with Gasteiger partial charge in [0.15, 0.2) is 0 Å². The van der Waals surface area contributed by atoms with Crippen LogP contribution in [0.15, 0.2) is 42.6 Å². The number of nitrogens with zero attached hydrogens (tertiary/aromatic N) is 5. The van der Waals surface area contributed by atoms with E-state index in [1.54, 1.807) is 17.0 Å². The molecule has 7 nitrogen and oxygen atoms in total. The summed E-state index contributed by atoms with van der Waals surface area (Å²) in [5, 5.41) is 8.81. The SMILES string of the molecule is N#Cc1ccc(C(=O)N2CCN(c3nc4ccccc4[nH]3)CC2)nc1. The molecule has 2 aromatic heterocycles. The number of carbonyl (C=O) groups is 1. The van der Waals surface area contributed by atoms with Gasteiger partial charge in [-0.05, 0) is 24.3 Å². The lowest BCUT2D eigenvalue weighted by Gasteiger charge is -2.34. The van der Waals surface area contributed by atoms with Crippen LogP contribution in [0.3, 0.4) is 0 Å². The van der Waals surface area contributed by atoms with Crippen molar-refractivity contribution >= 4 is 22.9 Å². The van der Waals surface area contributed by atoms with Crippen molar-refractivity contribution in [2.45, 2.75) is 0 Å². The molecule has 124 valence electrons. The number of para-hydroxylation sites is 2. The van der Waals surface area contributed by atoms with Crippen LogP contribution in [-0.2, 0) is 0 Å². The molecule has 1 aliphatic heterocycles. The average Bonchev–Trinajstić information content (AvgIpc) is 3.12. The molecular formula is C18H16N6O. The van der Waals surface area contributed by atoms with E-state index >= 15 is 0 Å². The predicted molar refractivity (Wildman–Crippen MR) is 93.2 cm³/mol. The number of H-pyrrole nitrogens is 1. The van der Waals surface area contributed by atoms with Crippen LogP contribution >= 0.6 is 0 Å². The second-order valence-electron chi connectivity index (χ2n) is 5.90. The molecule has 0 bridgehead atoms.